The summed E-state index contributed by atoms with van der Waals surface area (Å²) >= 11 is 0. The van der Waals surface area contributed by atoms with Crippen LogP contribution in [0, 0.1) is 17.5 Å². The zero-order chi connectivity index (χ0) is 10.9. The molecule has 5 heteroatoms. The summed E-state index contributed by atoms with van der Waals surface area (Å²) in [5.41, 5.74) is 2.70. The van der Waals surface area contributed by atoms with Gasteiger partial charge in [-0.25, -0.2) is 13.2 Å². The Labute approximate surface area is 79.2 Å². The van der Waals surface area contributed by atoms with E-state index in [4.69, 9.17) is 5.73 Å². The van der Waals surface area contributed by atoms with E-state index in [9.17, 15) is 18.3 Å². The first-order valence-corrected chi connectivity index (χ1v) is 3.96. The Morgan fingerprint density at radius 3 is 2.07 bits per heavy atom. The Bertz CT molecular complexity index is 329. The predicted octanol–water partition coefficient (Wildman–Crippen LogP) is 1.27. The highest BCUT2D eigenvalue weighted by Gasteiger charge is 2.29. The number of hydrogen-bond acceptors (Lipinski definition) is 2. The van der Waals surface area contributed by atoms with E-state index in [0.29, 0.717) is 12.1 Å². The molecule has 0 aliphatic heterocycles. The van der Waals surface area contributed by atoms with Gasteiger partial charge < -0.3 is 10.8 Å². The fraction of sp³-hybridized carbons (Fsp3) is 0.333. The van der Waals surface area contributed by atoms with Gasteiger partial charge in [0, 0.05) is 18.7 Å². The van der Waals surface area contributed by atoms with Crippen LogP contribution in [0.2, 0.25) is 0 Å². The van der Waals surface area contributed by atoms with Crippen molar-refractivity contribution in [2.45, 2.75) is 12.5 Å². The first kappa shape index (κ1) is 11.0. The minimum atomic E-state index is -1.83. The monoisotopic (exact) mass is 205 g/mol. The Kier molecular flexibility index (Phi) is 2.82. The first-order chi connectivity index (χ1) is 6.38. The highest BCUT2D eigenvalue weighted by molar-refractivity contribution is 5.26. The molecule has 0 saturated carbocycles. The van der Waals surface area contributed by atoms with Gasteiger partial charge in [-0.2, -0.15) is 0 Å². The van der Waals surface area contributed by atoms with Crippen LogP contribution in [0.3, 0.4) is 0 Å². The Balaban J connectivity index is 3.35. The number of nitrogens with two attached hydrogens (primary N) is 1. The lowest BCUT2D eigenvalue weighted by molar-refractivity contribution is 0.0586. The summed E-state index contributed by atoms with van der Waals surface area (Å²) in [5, 5.41) is 9.52. The largest absolute Gasteiger partial charge is 0.384 e. The van der Waals surface area contributed by atoms with E-state index in [1.807, 2.05) is 0 Å². The van der Waals surface area contributed by atoms with Crippen LogP contribution in [-0.2, 0) is 5.60 Å². The zero-order valence-electron chi connectivity index (χ0n) is 7.52. The van der Waals surface area contributed by atoms with E-state index in [1.165, 1.54) is 0 Å². The standard InChI is InChI=1S/C9H10F3NO/c1-9(14,4-13)8-6(11)2-5(10)3-7(8)12/h2-3,14H,4,13H2,1H3. The molecule has 3 N–H and O–H groups in total. The van der Waals surface area contributed by atoms with E-state index >= 15 is 0 Å². The van der Waals surface area contributed by atoms with Crippen molar-refractivity contribution in [2.24, 2.45) is 5.73 Å². The van der Waals surface area contributed by atoms with Crippen LogP contribution in [0.5, 0.6) is 0 Å². The van der Waals surface area contributed by atoms with Crippen molar-refractivity contribution in [1.29, 1.82) is 0 Å². The fourth-order valence-electron chi connectivity index (χ4n) is 1.16. The molecule has 1 atom stereocenters. The molecule has 1 aromatic rings. The third kappa shape index (κ3) is 1.88. The van der Waals surface area contributed by atoms with Gasteiger partial charge in [0.1, 0.15) is 23.1 Å². The van der Waals surface area contributed by atoms with E-state index in [1.54, 1.807) is 0 Å². The summed E-state index contributed by atoms with van der Waals surface area (Å²) in [4.78, 5) is 0. The molecule has 2 nitrogen and oxygen atoms in total. The lowest BCUT2D eigenvalue weighted by Gasteiger charge is -2.22. The summed E-state index contributed by atoms with van der Waals surface area (Å²) in [5.74, 6) is -3.31. The van der Waals surface area contributed by atoms with E-state index in [0.717, 1.165) is 6.92 Å². The average Bonchev–Trinajstić information content (AvgIpc) is 2.01. The molecule has 78 valence electrons. The highest BCUT2D eigenvalue weighted by atomic mass is 19.1. The normalized spacial score (nSPS) is 15.3. The second-order valence-electron chi connectivity index (χ2n) is 3.22. The van der Waals surface area contributed by atoms with Crippen molar-refractivity contribution in [3.05, 3.63) is 35.1 Å². The topological polar surface area (TPSA) is 46.2 Å². The molecular weight excluding hydrogens is 195 g/mol. The maximum atomic E-state index is 13.1. The van der Waals surface area contributed by atoms with Crippen molar-refractivity contribution in [2.75, 3.05) is 6.54 Å². The molecule has 0 amide bonds. The van der Waals surface area contributed by atoms with Crippen molar-refractivity contribution in [1.82, 2.24) is 0 Å². The molecule has 0 spiro atoms. The van der Waals surface area contributed by atoms with Gasteiger partial charge in [-0.1, -0.05) is 0 Å². The van der Waals surface area contributed by atoms with Crippen LogP contribution in [0.25, 0.3) is 0 Å². The van der Waals surface area contributed by atoms with Crippen molar-refractivity contribution < 1.29 is 18.3 Å². The quantitative estimate of drug-likeness (QED) is 0.763. The van der Waals surface area contributed by atoms with Crippen LogP contribution in [0.4, 0.5) is 13.2 Å². The molecule has 0 saturated heterocycles. The maximum absolute atomic E-state index is 13.1. The minimum Gasteiger partial charge on any atom is -0.384 e. The summed E-state index contributed by atoms with van der Waals surface area (Å²) in [6, 6.07) is 1.01. The summed E-state index contributed by atoms with van der Waals surface area (Å²) in [6.45, 7) is 0.804. The molecule has 0 bridgehead atoms. The summed E-state index contributed by atoms with van der Waals surface area (Å²) in [7, 11) is 0. The second kappa shape index (κ2) is 3.59. The van der Waals surface area contributed by atoms with Gasteiger partial charge in [-0.05, 0) is 6.92 Å². The predicted molar refractivity (Wildman–Crippen MR) is 44.9 cm³/mol. The van der Waals surface area contributed by atoms with Gasteiger partial charge >= 0.3 is 0 Å². The van der Waals surface area contributed by atoms with Gasteiger partial charge in [-0.15, -0.1) is 0 Å². The van der Waals surface area contributed by atoms with Gasteiger partial charge in [0.05, 0.1) is 5.56 Å². The molecule has 0 aliphatic rings. The smallest absolute Gasteiger partial charge is 0.135 e. The lowest BCUT2D eigenvalue weighted by Crippen LogP contribution is -2.33. The van der Waals surface area contributed by atoms with Crippen LogP contribution < -0.4 is 5.73 Å². The lowest BCUT2D eigenvalue weighted by atomic mass is 9.95. The SMILES string of the molecule is CC(O)(CN)c1c(F)cc(F)cc1F. The molecule has 1 rings (SSSR count). The van der Waals surface area contributed by atoms with E-state index < -0.39 is 28.6 Å². The zero-order valence-corrected chi connectivity index (χ0v) is 7.52. The van der Waals surface area contributed by atoms with E-state index in [-0.39, 0.29) is 6.54 Å². The molecule has 1 aromatic carbocycles. The van der Waals surface area contributed by atoms with Gasteiger partial charge in [0.25, 0.3) is 0 Å². The number of rotatable bonds is 2. The molecule has 14 heavy (non-hydrogen) atoms. The molecule has 0 aliphatic carbocycles. The van der Waals surface area contributed by atoms with Crippen molar-refractivity contribution in [3.8, 4) is 0 Å². The maximum Gasteiger partial charge on any atom is 0.135 e. The second-order valence-corrected chi connectivity index (χ2v) is 3.22. The summed E-state index contributed by atoms with van der Waals surface area (Å²) in [6.07, 6.45) is 0. The van der Waals surface area contributed by atoms with Gasteiger partial charge in [0.15, 0.2) is 0 Å². The number of aliphatic hydroxyl groups is 1. The molecule has 0 fully saturated rings. The van der Waals surface area contributed by atoms with Crippen LogP contribution in [0.1, 0.15) is 12.5 Å². The minimum absolute atomic E-state index is 0.355. The van der Waals surface area contributed by atoms with Crippen LogP contribution >= 0.6 is 0 Å². The van der Waals surface area contributed by atoms with Gasteiger partial charge in [-0.3, -0.25) is 0 Å². The van der Waals surface area contributed by atoms with Gasteiger partial charge in [0.2, 0.25) is 0 Å². The number of benzene rings is 1. The molecular formula is C9H10F3NO. The van der Waals surface area contributed by atoms with Crippen molar-refractivity contribution >= 4 is 0 Å². The summed E-state index contributed by atoms with van der Waals surface area (Å²) < 4.78 is 38.7. The fourth-order valence-corrected chi connectivity index (χ4v) is 1.16. The van der Waals surface area contributed by atoms with E-state index in [2.05, 4.69) is 0 Å². The third-order valence-corrected chi connectivity index (χ3v) is 1.94. The molecule has 1 unspecified atom stereocenters. The first-order valence-electron chi connectivity index (χ1n) is 3.96. The Morgan fingerprint density at radius 2 is 1.71 bits per heavy atom. The Morgan fingerprint density at radius 1 is 1.29 bits per heavy atom. The van der Waals surface area contributed by atoms with Crippen LogP contribution in [-0.4, -0.2) is 11.7 Å². The van der Waals surface area contributed by atoms with Crippen molar-refractivity contribution in [3.63, 3.8) is 0 Å². The molecule has 0 radical (unpaired) electrons. The number of hydrogen-bond donors (Lipinski definition) is 2. The molecule has 0 aromatic heterocycles. The number of halogens is 3. The Hall–Kier alpha value is -1.07. The van der Waals surface area contributed by atoms with Crippen LogP contribution in [0.15, 0.2) is 12.1 Å². The third-order valence-electron chi connectivity index (χ3n) is 1.94. The molecule has 0 heterocycles. The highest BCUT2D eigenvalue weighted by Crippen LogP contribution is 2.26. The average molecular weight is 205 g/mol.